The van der Waals surface area contributed by atoms with Gasteiger partial charge in [0.05, 0.1) is 4.90 Å². The van der Waals surface area contributed by atoms with Crippen molar-refractivity contribution >= 4 is 24.5 Å². The highest BCUT2D eigenvalue weighted by molar-refractivity contribution is 7.86. The van der Waals surface area contributed by atoms with Crippen molar-refractivity contribution in [1.29, 1.82) is 0 Å². The maximum atomic E-state index is 12.1. The Morgan fingerprint density at radius 2 is 1.71 bits per heavy atom. The summed E-state index contributed by atoms with van der Waals surface area (Å²) in [5.74, 6) is 0. The molecule has 0 aromatic heterocycles. The third kappa shape index (κ3) is 4.77. The summed E-state index contributed by atoms with van der Waals surface area (Å²) in [4.78, 5) is 0.118. The van der Waals surface area contributed by atoms with Gasteiger partial charge in [0.2, 0.25) is 0 Å². The number of rotatable bonds is 6. The van der Waals surface area contributed by atoms with Gasteiger partial charge < -0.3 is 4.43 Å². The molecule has 0 N–H and O–H groups in total. The molecule has 1 aromatic carbocycles. The van der Waals surface area contributed by atoms with Gasteiger partial charge in [-0.05, 0) is 35.8 Å². The molecule has 4 nitrogen and oxygen atoms in total. The summed E-state index contributed by atoms with van der Waals surface area (Å²) in [5.41, 5.74) is 0.853. The van der Waals surface area contributed by atoms with Crippen LogP contribution < -0.4 is 0 Å². The molecule has 0 saturated carbocycles. The molecule has 0 fully saturated rings. The molecule has 1 aromatic rings. The van der Waals surface area contributed by atoms with Gasteiger partial charge in [-0.1, -0.05) is 45.6 Å². The van der Waals surface area contributed by atoms with E-state index in [2.05, 4.69) is 27.4 Å². The van der Waals surface area contributed by atoms with Crippen LogP contribution in [0.5, 0.6) is 0 Å². The molecule has 0 saturated heterocycles. The molecule has 6 heteroatoms. The molecule has 0 unspecified atom stereocenters. The minimum absolute atomic E-state index is 0.00569. The van der Waals surface area contributed by atoms with Crippen molar-refractivity contribution in [2.24, 2.45) is 0 Å². The van der Waals surface area contributed by atoms with Crippen molar-refractivity contribution < 1.29 is 17.0 Å². The fraction of sp³-hybridized carbons (Fsp3) is 0.467. The van der Waals surface area contributed by atoms with E-state index in [9.17, 15) is 8.42 Å². The average Bonchev–Trinajstić information content (AvgIpc) is 2.37. The highest BCUT2D eigenvalue weighted by atomic mass is 32.2. The second-order valence-electron chi connectivity index (χ2n) is 6.37. The van der Waals surface area contributed by atoms with E-state index < -0.39 is 18.4 Å². The maximum Gasteiger partial charge on any atom is 0.299 e. The van der Waals surface area contributed by atoms with Gasteiger partial charge in [-0.2, -0.15) is 8.42 Å². The van der Waals surface area contributed by atoms with Crippen molar-refractivity contribution in [2.75, 3.05) is 6.79 Å². The van der Waals surface area contributed by atoms with E-state index in [1.807, 2.05) is 13.1 Å². The molecule has 0 bridgehead atoms. The molecular weight excluding hydrogens is 304 g/mol. The van der Waals surface area contributed by atoms with E-state index in [1.54, 1.807) is 18.2 Å². The van der Waals surface area contributed by atoms with Crippen LogP contribution in [0.1, 0.15) is 26.3 Å². The fourth-order valence-corrected chi connectivity index (χ4v) is 2.94. The zero-order valence-electron chi connectivity index (χ0n) is 13.3. The first kappa shape index (κ1) is 18.1. The Balaban J connectivity index is 2.71. The predicted molar refractivity (Wildman–Crippen MR) is 88.0 cm³/mol. The zero-order chi connectivity index (χ0) is 16.3. The second-order valence-corrected chi connectivity index (χ2v) is 12.8. The fourth-order valence-electron chi connectivity index (χ4n) is 1.29. The molecular formula is C15H24O4SSi. The van der Waals surface area contributed by atoms with Gasteiger partial charge in [0.1, 0.15) is 0 Å². The highest BCUT2D eigenvalue weighted by Crippen LogP contribution is 2.36. The van der Waals surface area contributed by atoms with Crippen molar-refractivity contribution in [2.45, 2.75) is 43.8 Å². The standard InChI is InChI=1S/C15H24O4SSi/c1-7-13-8-10-14(11-9-13)20(16,17)18-12-19-21(5,6)15(2,3)4/h7-11H,1,12H2,2-6H3. The Labute approximate surface area is 129 Å². The van der Waals surface area contributed by atoms with Gasteiger partial charge in [0, 0.05) is 0 Å². The van der Waals surface area contributed by atoms with Gasteiger partial charge in [0.25, 0.3) is 10.1 Å². The molecule has 21 heavy (non-hydrogen) atoms. The number of benzene rings is 1. The average molecular weight is 329 g/mol. The van der Waals surface area contributed by atoms with Crippen LogP contribution in [0.3, 0.4) is 0 Å². The van der Waals surface area contributed by atoms with Crippen molar-refractivity contribution in [3.63, 3.8) is 0 Å². The lowest BCUT2D eigenvalue weighted by atomic mass is 10.2. The van der Waals surface area contributed by atoms with Crippen LogP contribution in [-0.2, 0) is 18.7 Å². The summed E-state index contributed by atoms with van der Waals surface area (Å²) in [6, 6.07) is 6.35. The minimum Gasteiger partial charge on any atom is -0.394 e. The zero-order valence-corrected chi connectivity index (χ0v) is 15.2. The monoisotopic (exact) mass is 328 g/mol. The quantitative estimate of drug-likeness (QED) is 0.450. The summed E-state index contributed by atoms with van der Waals surface area (Å²) in [6.07, 6.45) is 1.65. The topological polar surface area (TPSA) is 52.6 Å². The van der Waals surface area contributed by atoms with Crippen molar-refractivity contribution in [3.05, 3.63) is 36.4 Å². The summed E-state index contributed by atoms with van der Waals surface area (Å²) >= 11 is 0. The van der Waals surface area contributed by atoms with Crippen LogP contribution in [0.25, 0.3) is 6.08 Å². The smallest absolute Gasteiger partial charge is 0.299 e. The molecule has 0 radical (unpaired) electrons. The SMILES string of the molecule is C=Cc1ccc(S(=O)(=O)OCO[Si](C)(C)C(C)(C)C)cc1. The van der Waals surface area contributed by atoms with Gasteiger partial charge in [0.15, 0.2) is 15.1 Å². The molecule has 0 aliphatic rings. The van der Waals surface area contributed by atoms with Crippen molar-refractivity contribution in [1.82, 2.24) is 0 Å². The van der Waals surface area contributed by atoms with Gasteiger partial charge in [-0.15, -0.1) is 0 Å². The molecule has 0 atom stereocenters. The summed E-state index contributed by atoms with van der Waals surface area (Å²) in [5, 5.41) is 0.00569. The van der Waals surface area contributed by atoms with E-state index in [0.29, 0.717) is 0 Å². The molecule has 0 aliphatic heterocycles. The van der Waals surface area contributed by atoms with Crippen molar-refractivity contribution in [3.8, 4) is 0 Å². The lowest BCUT2D eigenvalue weighted by Crippen LogP contribution is -2.41. The van der Waals surface area contributed by atoms with Crippen LogP contribution in [0, 0.1) is 0 Å². The van der Waals surface area contributed by atoms with Crippen LogP contribution >= 0.6 is 0 Å². The summed E-state index contributed by atoms with van der Waals surface area (Å²) < 4.78 is 34.8. The normalized spacial score (nSPS) is 13.2. The van der Waals surface area contributed by atoms with E-state index >= 15 is 0 Å². The van der Waals surface area contributed by atoms with Crippen LogP contribution in [0.4, 0.5) is 0 Å². The Kier molecular flexibility index (Phi) is 5.55. The molecule has 0 aliphatic carbocycles. The second kappa shape index (κ2) is 6.44. The summed E-state index contributed by atoms with van der Waals surface area (Å²) in [6.45, 7) is 13.7. The molecule has 0 amide bonds. The molecule has 0 heterocycles. The molecule has 1 rings (SSSR count). The Bertz CT molecular complexity index is 583. The number of hydrogen-bond acceptors (Lipinski definition) is 4. The van der Waals surface area contributed by atoms with Crippen LogP contribution in [0.2, 0.25) is 18.1 Å². The first-order valence-corrected chi connectivity index (χ1v) is 11.1. The highest BCUT2D eigenvalue weighted by Gasteiger charge is 2.37. The lowest BCUT2D eigenvalue weighted by molar-refractivity contribution is 0.112. The first-order valence-electron chi connectivity index (χ1n) is 6.75. The van der Waals surface area contributed by atoms with Crippen LogP contribution in [-0.4, -0.2) is 23.5 Å². The third-order valence-electron chi connectivity index (χ3n) is 3.83. The summed E-state index contributed by atoms with van der Waals surface area (Å²) in [7, 11) is -5.81. The minimum atomic E-state index is -3.79. The van der Waals surface area contributed by atoms with Gasteiger partial charge in [-0.3, -0.25) is 0 Å². The van der Waals surface area contributed by atoms with E-state index in [0.717, 1.165) is 5.56 Å². The largest absolute Gasteiger partial charge is 0.394 e. The predicted octanol–water partition coefficient (Wildman–Crippen LogP) is 4.01. The third-order valence-corrected chi connectivity index (χ3v) is 9.54. The first-order chi connectivity index (χ1) is 9.49. The van der Waals surface area contributed by atoms with Gasteiger partial charge in [-0.25, -0.2) is 4.18 Å². The van der Waals surface area contributed by atoms with Crippen LogP contribution in [0.15, 0.2) is 35.7 Å². The number of hydrogen-bond donors (Lipinski definition) is 0. The molecule has 0 spiro atoms. The Hall–Kier alpha value is -0.953. The molecule has 118 valence electrons. The Morgan fingerprint density at radius 1 is 1.19 bits per heavy atom. The van der Waals surface area contributed by atoms with E-state index in [1.165, 1.54) is 12.1 Å². The van der Waals surface area contributed by atoms with Gasteiger partial charge >= 0.3 is 0 Å². The van der Waals surface area contributed by atoms with E-state index in [4.69, 9.17) is 8.61 Å². The lowest BCUT2D eigenvalue weighted by Gasteiger charge is -2.35. The van der Waals surface area contributed by atoms with E-state index in [-0.39, 0.29) is 16.7 Å². The Morgan fingerprint density at radius 3 is 2.14 bits per heavy atom. The maximum absolute atomic E-state index is 12.1.